The van der Waals surface area contributed by atoms with Crippen LogP contribution < -0.4 is 19.1 Å². The average molecular weight is 478 g/mol. The maximum Gasteiger partial charge on any atom is 0.244 e. The first-order valence-corrected chi connectivity index (χ1v) is 12.3. The number of ether oxygens (including phenoxy) is 2. The number of methoxy groups -OCH3 is 2. The minimum absolute atomic E-state index is 0.103. The number of amides is 2. The Hall–Kier alpha value is -3.27. The lowest BCUT2D eigenvalue weighted by Crippen LogP contribution is -2.51. The number of hydrogen-bond donors (Lipinski definition) is 1. The predicted molar refractivity (Wildman–Crippen MR) is 127 cm³/mol. The molecule has 1 atom stereocenters. The van der Waals surface area contributed by atoms with E-state index in [0.29, 0.717) is 17.9 Å². The van der Waals surface area contributed by atoms with Crippen molar-refractivity contribution in [2.45, 2.75) is 25.9 Å². The van der Waals surface area contributed by atoms with Crippen LogP contribution in [0.1, 0.15) is 18.9 Å². The summed E-state index contributed by atoms with van der Waals surface area (Å²) in [5, 5.41) is 2.58. The Morgan fingerprint density at radius 1 is 1.06 bits per heavy atom. The Balaban J connectivity index is 2.47. The van der Waals surface area contributed by atoms with Gasteiger partial charge in [0, 0.05) is 13.6 Å². The summed E-state index contributed by atoms with van der Waals surface area (Å²) in [5.41, 5.74) is 0.985. The van der Waals surface area contributed by atoms with Gasteiger partial charge in [-0.25, -0.2) is 8.42 Å². The van der Waals surface area contributed by atoms with Gasteiger partial charge in [0.05, 0.1) is 26.2 Å². The number of sulfonamides is 1. The van der Waals surface area contributed by atoms with Crippen molar-refractivity contribution in [3.8, 4) is 11.5 Å². The van der Waals surface area contributed by atoms with Crippen LogP contribution in [0.25, 0.3) is 0 Å². The van der Waals surface area contributed by atoms with Gasteiger partial charge in [0.25, 0.3) is 0 Å². The molecule has 2 rings (SSSR count). The molecule has 0 aromatic heterocycles. The molecule has 0 spiro atoms. The molecule has 10 heteroatoms. The average Bonchev–Trinajstić information content (AvgIpc) is 2.81. The van der Waals surface area contributed by atoms with Crippen molar-refractivity contribution in [1.29, 1.82) is 0 Å². The minimum atomic E-state index is -3.84. The quantitative estimate of drug-likeness (QED) is 0.531. The van der Waals surface area contributed by atoms with E-state index in [-0.39, 0.29) is 18.1 Å². The first kappa shape index (κ1) is 26.0. The number of rotatable bonds is 11. The molecule has 2 aromatic carbocycles. The van der Waals surface area contributed by atoms with Crippen LogP contribution in [0.15, 0.2) is 48.5 Å². The number of carbonyl (C=O) groups excluding carboxylic acids is 2. The van der Waals surface area contributed by atoms with Crippen molar-refractivity contribution in [1.82, 2.24) is 10.2 Å². The van der Waals surface area contributed by atoms with E-state index in [1.807, 2.05) is 6.07 Å². The molecule has 0 aliphatic carbocycles. The zero-order valence-corrected chi connectivity index (χ0v) is 20.4. The molecule has 9 nitrogen and oxygen atoms in total. The second-order valence-corrected chi connectivity index (χ2v) is 9.26. The maximum absolute atomic E-state index is 13.5. The molecular weight excluding hydrogens is 446 g/mol. The SMILES string of the molecule is CC[C@@H](C(=O)NC)N(Cc1cccc(OC)c1)C(=O)CN(c1ccccc1OC)S(C)(=O)=O. The largest absolute Gasteiger partial charge is 0.497 e. The number of para-hydroxylation sites is 2. The smallest absolute Gasteiger partial charge is 0.244 e. The van der Waals surface area contributed by atoms with Gasteiger partial charge in [-0.3, -0.25) is 13.9 Å². The molecule has 0 unspecified atom stereocenters. The Morgan fingerprint density at radius 2 is 1.76 bits per heavy atom. The predicted octanol–water partition coefficient (Wildman–Crippen LogP) is 2.02. The summed E-state index contributed by atoms with van der Waals surface area (Å²) in [6.07, 6.45) is 1.37. The van der Waals surface area contributed by atoms with Gasteiger partial charge in [0.15, 0.2) is 0 Å². The van der Waals surface area contributed by atoms with E-state index in [1.54, 1.807) is 56.5 Å². The molecule has 0 aliphatic rings. The normalized spacial score (nSPS) is 11.9. The molecule has 0 fully saturated rings. The van der Waals surface area contributed by atoms with Crippen molar-refractivity contribution < 1.29 is 27.5 Å². The summed E-state index contributed by atoms with van der Waals surface area (Å²) in [6.45, 7) is 1.41. The third-order valence-corrected chi connectivity index (χ3v) is 6.28. The lowest BCUT2D eigenvalue weighted by molar-refractivity contribution is -0.140. The van der Waals surface area contributed by atoms with Crippen molar-refractivity contribution in [3.05, 3.63) is 54.1 Å². The van der Waals surface area contributed by atoms with Gasteiger partial charge in [-0.05, 0) is 36.2 Å². The van der Waals surface area contributed by atoms with E-state index in [9.17, 15) is 18.0 Å². The van der Waals surface area contributed by atoms with Crippen molar-refractivity contribution in [3.63, 3.8) is 0 Å². The van der Waals surface area contributed by atoms with Crippen LogP contribution in [0.4, 0.5) is 5.69 Å². The molecule has 2 aromatic rings. The molecular formula is C23H31N3O6S. The Kier molecular flexibility index (Phi) is 9.10. The van der Waals surface area contributed by atoms with Gasteiger partial charge in [0.1, 0.15) is 24.1 Å². The van der Waals surface area contributed by atoms with Gasteiger partial charge in [-0.15, -0.1) is 0 Å². The molecule has 33 heavy (non-hydrogen) atoms. The van der Waals surface area contributed by atoms with E-state index >= 15 is 0 Å². The van der Waals surface area contributed by atoms with Crippen LogP contribution in [0, 0.1) is 0 Å². The Bertz CT molecular complexity index is 1070. The molecule has 0 radical (unpaired) electrons. The number of carbonyl (C=O) groups is 2. The van der Waals surface area contributed by atoms with Crippen LogP contribution in [0.2, 0.25) is 0 Å². The fourth-order valence-electron chi connectivity index (χ4n) is 3.48. The number of likely N-dealkylation sites (N-methyl/N-ethyl adjacent to an activating group) is 1. The van der Waals surface area contributed by atoms with Gasteiger partial charge in [0.2, 0.25) is 21.8 Å². The topological polar surface area (TPSA) is 105 Å². The van der Waals surface area contributed by atoms with E-state index < -0.39 is 28.5 Å². The zero-order valence-electron chi connectivity index (χ0n) is 19.6. The molecule has 0 aliphatic heterocycles. The first-order chi connectivity index (χ1) is 15.7. The van der Waals surface area contributed by atoms with Gasteiger partial charge in [-0.2, -0.15) is 0 Å². The summed E-state index contributed by atoms with van der Waals surface area (Å²) in [6, 6.07) is 12.9. The fourth-order valence-corrected chi connectivity index (χ4v) is 4.34. The van der Waals surface area contributed by atoms with Crippen LogP contribution in [0.5, 0.6) is 11.5 Å². The summed E-state index contributed by atoms with van der Waals surface area (Å²) < 4.78 is 36.8. The number of nitrogens with zero attached hydrogens (tertiary/aromatic N) is 2. The molecule has 180 valence electrons. The van der Waals surface area contributed by atoms with Gasteiger partial charge < -0.3 is 19.7 Å². The number of anilines is 1. The highest BCUT2D eigenvalue weighted by atomic mass is 32.2. The maximum atomic E-state index is 13.5. The number of benzene rings is 2. The second kappa shape index (κ2) is 11.6. The molecule has 0 heterocycles. The van der Waals surface area contributed by atoms with Crippen LogP contribution in [0.3, 0.4) is 0 Å². The van der Waals surface area contributed by atoms with E-state index in [4.69, 9.17) is 9.47 Å². The zero-order chi connectivity index (χ0) is 24.6. The highest BCUT2D eigenvalue weighted by Crippen LogP contribution is 2.29. The summed E-state index contributed by atoms with van der Waals surface area (Å²) in [4.78, 5) is 27.5. The Morgan fingerprint density at radius 3 is 2.33 bits per heavy atom. The summed E-state index contributed by atoms with van der Waals surface area (Å²) in [5.74, 6) is 0.0645. The Labute approximate surface area is 195 Å². The molecule has 0 saturated heterocycles. The van der Waals surface area contributed by atoms with Crippen molar-refractivity contribution in [2.75, 3.05) is 38.4 Å². The van der Waals surface area contributed by atoms with Crippen LogP contribution in [-0.4, -0.2) is 65.2 Å². The molecule has 1 N–H and O–H groups in total. The monoisotopic (exact) mass is 477 g/mol. The van der Waals surface area contributed by atoms with Crippen LogP contribution >= 0.6 is 0 Å². The molecule has 2 amide bonds. The highest BCUT2D eigenvalue weighted by Gasteiger charge is 2.32. The van der Waals surface area contributed by atoms with Gasteiger partial charge >= 0.3 is 0 Å². The van der Waals surface area contributed by atoms with Crippen LogP contribution in [-0.2, 0) is 26.2 Å². The third-order valence-electron chi connectivity index (χ3n) is 5.15. The van der Waals surface area contributed by atoms with Crippen molar-refractivity contribution >= 4 is 27.5 Å². The van der Waals surface area contributed by atoms with Gasteiger partial charge in [-0.1, -0.05) is 31.2 Å². The number of nitrogens with one attached hydrogen (secondary N) is 1. The highest BCUT2D eigenvalue weighted by molar-refractivity contribution is 7.92. The first-order valence-electron chi connectivity index (χ1n) is 10.4. The van der Waals surface area contributed by atoms with Crippen molar-refractivity contribution in [2.24, 2.45) is 0 Å². The number of hydrogen-bond acceptors (Lipinski definition) is 6. The van der Waals surface area contributed by atoms with E-state index in [0.717, 1.165) is 16.1 Å². The third kappa shape index (κ3) is 6.61. The molecule has 0 saturated carbocycles. The second-order valence-electron chi connectivity index (χ2n) is 7.35. The standard InChI is InChI=1S/C23H31N3O6S/c1-6-19(23(28)24-2)25(15-17-10-9-11-18(14-17)31-3)22(27)16-26(33(5,29)30)20-12-7-8-13-21(20)32-4/h7-14,19H,6,15-16H2,1-5H3,(H,24,28)/t19-/m0/s1. The minimum Gasteiger partial charge on any atom is -0.497 e. The lowest BCUT2D eigenvalue weighted by atomic mass is 10.1. The van der Waals surface area contributed by atoms with E-state index in [2.05, 4.69) is 5.32 Å². The summed E-state index contributed by atoms with van der Waals surface area (Å²) >= 11 is 0. The lowest BCUT2D eigenvalue weighted by Gasteiger charge is -2.32. The fraction of sp³-hybridized carbons (Fsp3) is 0.391. The molecule has 0 bridgehead atoms. The van der Waals surface area contributed by atoms with E-state index in [1.165, 1.54) is 19.1 Å². The summed E-state index contributed by atoms with van der Waals surface area (Å²) in [7, 11) is 0.627.